The second-order valence-corrected chi connectivity index (χ2v) is 5.31. The van der Waals surface area contributed by atoms with Crippen LogP contribution in [0.25, 0.3) is 0 Å². The summed E-state index contributed by atoms with van der Waals surface area (Å²) < 4.78 is 1.38. The van der Waals surface area contributed by atoms with Gasteiger partial charge < -0.3 is 0 Å². The highest BCUT2D eigenvalue weighted by molar-refractivity contribution is 7.99. The van der Waals surface area contributed by atoms with Gasteiger partial charge in [-0.1, -0.05) is 24.9 Å². The van der Waals surface area contributed by atoms with Crippen LogP contribution in [0.5, 0.6) is 0 Å². The standard InChI is InChI=1S/C11H12ClN5O2S/c1-3-4-6-7(12)13-5-14-10(6)20-11-15-8(18)9(19)16-17(11)2/h5H,3-4H2,1-2H3,(H,16,19). The van der Waals surface area contributed by atoms with Crippen LogP contribution in [0.2, 0.25) is 5.15 Å². The summed E-state index contributed by atoms with van der Waals surface area (Å²) in [4.78, 5) is 34.3. The molecule has 2 heterocycles. The van der Waals surface area contributed by atoms with Gasteiger partial charge in [0.15, 0.2) is 5.16 Å². The highest BCUT2D eigenvalue weighted by Crippen LogP contribution is 2.29. The first-order valence-corrected chi connectivity index (χ1v) is 7.07. The molecule has 2 aromatic rings. The molecule has 9 heteroatoms. The predicted octanol–water partition coefficient (Wildman–Crippen LogP) is 1.02. The van der Waals surface area contributed by atoms with Crippen LogP contribution in [0.15, 0.2) is 26.1 Å². The van der Waals surface area contributed by atoms with Crippen LogP contribution in [-0.4, -0.2) is 24.7 Å². The van der Waals surface area contributed by atoms with Crippen LogP contribution in [0.3, 0.4) is 0 Å². The van der Waals surface area contributed by atoms with E-state index in [1.165, 1.54) is 11.0 Å². The Bertz CT molecular complexity index is 742. The van der Waals surface area contributed by atoms with E-state index in [2.05, 4.69) is 20.1 Å². The largest absolute Gasteiger partial charge is 0.339 e. The lowest BCUT2D eigenvalue weighted by Crippen LogP contribution is -2.33. The molecule has 0 aromatic carbocycles. The number of aromatic amines is 1. The Balaban J connectivity index is 2.45. The fourth-order valence-electron chi connectivity index (χ4n) is 1.56. The monoisotopic (exact) mass is 313 g/mol. The van der Waals surface area contributed by atoms with Crippen molar-refractivity contribution in [2.45, 2.75) is 29.9 Å². The van der Waals surface area contributed by atoms with Crippen LogP contribution < -0.4 is 11.1 Å². The van der Waals surface area contributed by atoms with E-state index in [0.717, 1.165) is 30.2 Å². The van der Waals surface area contributed by atoms with Gasteiger partial charge >= 0.3 is 11.1 Å². The summed E-state index contributed by atoms with van der Waals surface area (Å²) in [7, 11) is 1.60. The van der Waals surface area contributed by atoms with E-state index in [9.17, 15) is 9.59 Å². The number of hydrogen-bond donors (Lipinski definition) is 1. The zero-order chi connectivity index (χ0) is 14.7. The average Bonchev–Trinajstić information content (AvgIpc) is 2.40. The summed E-state index contributed by atoms with van der Waals surface area (Å²) in [5.74, 6) is 0. The number of nitrogens with one attached hydrogen (secondary N) is 1. The molecule has 0 bridgehead atoms. The Kier molecular flexibility index (Phi) is 4.56. The van der Waals surface area contributed by atoms with Gasteiger partial charge in [-0.05, 0) is 18.2 Å². The summed E-state index contributed by atoms with van der Waals surface area (Å²) >= 11 is 7.22. The number of rotatable bonds is 4. The molecule has 0 saturated carbocycles. The second kappa shape index (κ2) is 6.19. The van der Waals surface area contributed by atoms with Crippen molar-refractivity contribution in [2.75, 3.05) is 0 Å². The molecule has 0 amide bonds. The van der Waals surface area contributed by atoms with E-state index in [1.54, 1.807) is 7.05 Å². The van der Waals surface area contributed by atoms with Crippen molar-refractivity contribution in [1.29, 1.82) is 0 Å². The summed E-state index contributed by atoms with van der Waals surface area (Å²) in [5, 5.41) is 3.73. The van der Waals surface area contributed by atoms with Crippen molar-refractivity contribution >= 4 is 23.4 Å². The first kappa shape index (κ1) is 14.7. The molecule has 0 fully saturated rings. The molecule has 0 saturated heterocycles. The molecular weight excluding hydrogens is 302 g/mol. The molecule has 0 aliphatic rings. The summed E-state index contributed by atoms with van der Waals surface area (Å²) in [6.07, 6.45) is 2.96. The number of halogens is 1. The SMILES string of the molecule is CCCc1c(Cl)ncnc1Sc1nc(=O)c(=O)[nH]n1C. The van der Waals surface area contributed by atoms with E-state index in [4.69, 9.17) is 11.6 Å². The molecular formula is C11H12ClN5O2S. The van der Waals surface area contributed by atoms with Crippen molar-refractivity contribution in [1.82, 2.24) is 24.7 Å². The lowest BCUT2D eigenvalue weighted by molar-refractivity contribution is 0.595. The minimum Gasteiger partial charge on any atom is -0.265 e. The number of H-pyrrole nitrogens is 1. The maximum atomic E-state index is 11.3. The minimum atomic E-state index is -0.831. The zero-order valence-electron chi connectivity index (χ0n) is 10.9. The first-order chi connectivity index (χ1) is 9.52. The van der Waals surface area contributed by atoms with Gasteiger partial charge in [0, 0.05) is 12.6 Å². The Labute approximate surface area is 123 Å². The molecule has 0 atom stereocenters. The third-order valence-electron chi connectivity index (χ3n) is 2.49. The van der Waals surface area contributed by atoms with Gasteiger partial charge in [0.1, 0.15) is 16.5 Å². The van der Waals surface area contributed by atoms with E-state index in [0.29, 0.717) is 15.3 Å². The molecule has 0 radical (unpaired) electrons. The summed E-state index contributed by atoms with van der Waals surface area (Å²) in [5.41, 5.74) is -0.781. The second-order valence-electron chi connectivity index (χ2n) is 4.00. The molecule has 7 nitrogen and oxygen atoms in total. The molecule has 1 N–H and O–H groups in total. The fourth-order valence-corrected chi connectivity index (χ4v) is 2.75. The van der Waals surface area contributed by atoms with Crippen molar-refractivity contribution in [3.05, 3.63) is 37.8 Å². The van der Waals surface area contributed by atoms with Crippen LogP contribution in [0.1, 0.15) is 18.9 Å². The molecule has 2 rings (SSSR count). The predicted molar refractivity (Wildman–Crippen MR) is 75.3 cm³/mol. The molecule has 20 heavy (non-hydrogen) atoms. The summed E-state index contributed by atoms with van der Waals surface area (Å²) in [6, 6.07) is 0. The van der Waals surface area contributed by atoms with Gasteiger partial charge in [-0.15, -0.1) is 0 Å². The molecule has 0 unspecified atom stereocenters. The molecule has 2 aromatic heterocycles. The topological polar surface area (TPSA) is 93.5 Å². The van der Waals surface area contributed by atoms with E-state index < -0.39 is 11.1 Å². The molecule has 106 valence electrons. The Morgan fingerprint density at radius 1 is 1.40 bits per heavy atom. The molecule has 0 aliphatic heterocycles. The fraction of sp³-hybridized carbons (Fsp3) is 0.364. The van der Waals surface area contributed by atoms with Gasteiger partial charge in [0.05, 0.1) is 0 Å². The maximum Gasteiger partial charge on any atom is 0.339 e. The Morgan fingerprint density at radius 2 is 2.15 bits per heavy atom. The van der Waals surface area contributed by atoms with Crippen molar-refractivity contribution in [3.63, 3.8) is 0 Å². The van der Waals surface area contributed by atoms with Crippen molar-refractivity contribution in [3.8, 4) is 0 Å². The smallest absolute Gasteiger partial charge is 0.265 e. The number of aryl methyl sites for hydroxylation is 1. The van der Waals surface area contributed by atoms with Gasteiger partial charge in [-0.2, -0.15) is 4.98 Å². The van der Waals surface area contributed by atoms with Crippen molar-refractivity contribution < 1.29 is 0 Å². The lowest BCUT2D eigenvalue weighted by atomic mass is 10.2. The maximum absolute atomic E-state index is 11.3. The van der Waals surface area contributed by atoms with E-state index in [-0.39, 0.29) is 0 Å². The first-order valence-electron chi connectivity index (χ1n) is 5.87. The van der Waals surface area contributed by atoms with Gasteiger partial charge in [0.2, 0.25) is 0 Å². The third kappa shape index (κ3) is 3.07. The highest BCUT2D eigenvalue weighted by Gasteiger charge is 2.13. The normalized spacial score (nSPS) is 10.8. The Hall–Kier alpha value is -1.67. The van der Waals surface area contributed by atoms with Gasteiger partial charge in [-0.25, -0.2) is 9.97 Å². The number of hydrogen-bond acceptors (Lipinski definition) is 6. The summed E-state index contributed by atoms with van der Waals surface area (Å²) in [6.45, 7) is 2.02. The average molecular weight is 314 g/mol. The number of nitrogens with zero attached hydrogens (tertiary/aromatic N) is 4. The molecule has 0 aliphatic carbocycles. The zero-order valence-corrected chi connectivity index (χ0v) is 12.5. The van der Waals surface area contributed by atoms with Crippen LogP contribution in [0, 0.1) is 0 Å². The third-order valence-corrected chi connectivity index (χ3v) is 3.91. The van der Waals surface area contributed by atoms with Crippen molar-refractivity contribution in [2.24, 2.45) is 7.05 Å². The van der Waals surface area contributed by atoms with Crippen LogP contribution in [0.4, 0.5) is 0 Å². The van der Waals surface area contributed by atoms with Crippen LogP contribution >= 0.6 is 23.4 Å². The highest BCUT2D eigenvalue weighted by atomic mass is 35.5. The van der Waals surface area contributed by atoms with Crippen LogP contribution in [-0.2, 0) is 13.5 Å². The van der Waals surface area contributed by atoms with Gasteiger partial charge in [0.25, 0.3) is 0 Å². The lowest BCUT2D eigenvalue weighted by Gasteiger charge is -2.09. The van der Waals surface area contributed by atoms with E-state index in [1.807, 2.05) is 6.92 Å². The van der Waals surface area contributed by atoms with E-state index >= 15 is 0 Å². The minimum absolute atomic E-state index is 0.335. The molecule has 0 spiro atoms. The quantitative estimate of drug-likeness (QED) is 0.669. The Morgan fingerprint density at radius 3 is 2.85 bits per heavy atom. The number of aromatic nitrogens is 5. The van der Waals surface area contributed by atoms with Gasteiger partial charge in [-0.3, -0.25) is 19.4 Å².